The Morgan fingerprint density at radius 1 is 0.852 bits per heavy atom. The number of hydrogen-bond donors (Lipinski definition) is 4. The molecule has 1 heterocycles. The number of aromatic nitrogens is 1. The van der Waals surface area contributed by atoms with Crippen molar-refractivity contribution in [3.63, 3.8) is 0 Å². The summed E-state index contributed by atoms with van der Waals surface area (Å²) in [7, 11) is 0. The van der Waals surface area contributed by atoms with Crippen molar-refractivity contribution in [3.05, 3.63) is 39.3 Å². The van der Waals surface area contributed by atoms with Gasteiger partial charge in [-0.3, -0.25) is 9.59 Å². The maximum atomic E-state index is 13.1. The Morgan fingerprint density at radius 3 is 1.96 bits per heavy atom. The standard InChI is InChI=1S/C19H25N5O2S/c1-3-20-7-9-22-12-5-6-13(23-10-8-21-4-2)15-14(12)17(25)16-19(18(15)26)27-11-24-16/h5-6,11,20-23H,3-4,7-10H2,1-2H3. The summed E-state index contributed by atoms with van der Waals surface area (Å²) in [6.07, 6.45) is 0. The van der Waals surface area contributed by atoms with Crippen LogP contribution in [0.4, 0.5) is 11.4 Å². The molecule has 1 aliphatic rings. The minimum Gasteiger partial charge on any atom is -0.383 e. The van der Waals surface area contributed by atoms with Crippen molar-refractivity contribution in [2.24, 2.45) is 0 Å². The molecule has 7 nitrogen and oxygen atoms in total. The second-order valence-corrected chi connectivity index (χ2v) is 7.01. The molecule has 3 rings (SSSR count). The van der Waals surface area contributed by atoms with Crippen molar-refractivity contribution in [2.45, 2.75) is 13.8 Å². The predicted molar refractivity (Wildman–Crippen MR) is 109 cm³/mol. The SMILES string of the molecule is CCNCCNc1ccc(NCCNCC)c2c1C(=O)c1ncsc1C2=O. The highest BCUT2D eigenvalue weighted by Gasteiger charge is 2.36. The van der Waals surface area contributed by atoms with Crippen LogP contribution in [0.5, 0.6) is 0 Å². The molecule has 1 aromatic heterocycles. The minimum atomic E-state index is -0.192. The summed E-state index contributed by atoms with van der Waals surface area (Å²) in [5.74, 6) is -0.328. The van der Waals surface area contributed by atoms with E-state index in [1.807, 2.05) is 26.0 Å². The number of ketones is 2. The molecule has 0 spiro atoms. The molecular weight excluding hydrogens is 362 g/mol. The van der Waals surface area contributed by atoms with Crippen LogP contribution in [0, 0.1) is 0 Å². The summed E-state index contributed by atoms with van der Waals surface area (Å²) < 4.78 is 0. The number of fused-ring (bicyclic) bond motifs is 2. The van der Waals surface area contributed by atoms with E-state index >= 15 is 0 Å². The first-order chi connectivity index (χ1) is 13.2. The highest BCUT2D eigenvalue weighted by molar-refractivity contribution is 7.12. The van der Waals surface area contributed by atoms with Crippen LogP contribution >= 0.6 is 11.3 Å². The highest BCUT2D eigenvalue weighted by Crippen LogP contribution is 2.37. The summed E-state index contributed by atoms with van der Waals surface area (Å²) in [5, 5.41) is 13.1. The molecule has 0 unspecified atom stereocenters. The van der Waals surface area contributed by atoms with Crippen LogP contribution in [0.1, 0.15) is 45.1 Å². The van der Waals surface area contributed by atoms with E-state index in [1.54, 1.807) is 5.51 Å². The van der Waals surface area contributed by atoms with E-state index in [9.17, 15) is 9.59 Å². The molecule has 8 heteroatoms. The number of anilines is 2. The molecular formula is C19H25N5O2S. The number of hydrogen-bond acceptors (Lipinski definition) is 8. The Balaban J connectivity index is 1.94. The summed E-state index contributed by atoms with van der Waals surface area (Å²) >= 11 is 1.22. The fourth-order valence-electron chi connectivity index (χ4n) is 3.09. The average molecular weight is 388 g/mol. The van der Waals surface area contributed by atoms with Crippen LogP contribution in [0.15, 0.2) is 17.6 Å². The number of nitrogens with zero attached hydrogens (tertiary/aromatic N) is 1. The van der Waals surface area contributed by atoms with Gasteiger partial charge in [0, 0.05) is 37.6 Å². The number of likely N-dealkylation sites (N-methyl/N-ethyl adjacent to an activating group) is 2. The van der Waals surface area contributed by atoms with Gasteiger partial charge in [0.1, 0.15) is 10.6 Å². The van der Waals surface area contributed by atoms with Gasteiger partial charge >= 0.3 is 0 Å². The summed E-state index contributed by atoms with van der Waals surface area (Å²) in [5.41, 5.74) is 4.06. The van der Waals surface area contributed by atoms with Crippen LogP contribution in [0.3, 0.4) is 0 Å². The lowest BCUT2D eigenvalue weighted by molar-refractivity contribution is 0.0980. The lowest BCUT2D eigenvalue weighted by atomic mass is 9.88. The number of nitrogens with one attached hydrogen (secondary N) is 4. The van der Waals surface area contributed by atoms with Crippen molar-refractivity contribution in [2.75, 3.05) is 49.9 Å². The zero-order chi connectivity index (χ0) is 19.2. The molecule has 0 bridgehead atoms. The monoisotopic (exact) mass is 387 g/mol. The zero-order valence-electron chi connectivity index (χ0n) is 15.6. The normalized spacial score (nSPS) is 12.7. The first kappa shape index (κ1) is 19.5. The van der Waals surface area contributed by atoms with E-state index in [1.165, 1.54) is 11.3 Å². The van der Waals surface area contributed by atoms with E-state index < -0.39 is 0 Å². The molecule has 4 N–H and O–H groups in total. The molecule has 144 valence electrons. The minimum absolute atomic E-state index is 0.136. The van der Waals surface area contributed by atoms with Gasteiger partial charge in [0.15, 0.2) is 0 Å². The van der Waals surface area contributed by atoms with Crippen LogP contribution in [0.2, 0.25) is 0 Å². The van der Waals surface area contributed by atoms with Crippen LogP contribution in [-0.2, 0) is 0 Å². The molecule has 1 aliphatic carbocycles. The molecule has 1 aromatic carbocycles. The average Bonchev–Trinajstić information content (AvgIpc) is 3.17. The second kappa shape index (κ2) is 9.07. The van der Waals surface area contributed by atoms with Gasteiger partial charge in [-0.05, 0) is 25.2 Å². The Labute approximate surface area is 163 Å². The highest BCUT2D eigenvalue weighted by atomic mass is 32.1. The lowest BCUT2D eigenvalue weighted by Crippen LogP contribution is -2.27. The van der Waals surface area contributed by atoms with E-state index in [0.717, 1.165) is 26.2 Å². The van der Waals surface area contributed by atoms with Gasteiger partial charge in [-0.2, -0.15) is 0 Å². The number of carbonyl (C=O) groups excluding carboxylic acids is 2. The topological polar surface area (TPSA) is 95.2 Å². The Bertz CT molecular complexity index is 768. The molecule has 0 aliphatic heterocycles. The number of carbonyl (C=O) groups is 2. The Hall–Kier alpha value is -2.29. The maximum Gasteiger partial charge on any atom is 0.215 e. The first-order valence-corrected chi connectivity index (χ1v) is 10.2. The molecule has 0 fully saturated rings. The van der Waals surface area contributed by atoms with Gasteiger partial charge in [-0.15, -0.1) is 11.3 Å². The zero-order valence-corrected chi connectivity index (χ0v) is 16.5. The smallest absolute Gasteiger partial charge is 0.215 e. The third kappa shape index (κ3) is 4.02. The van der Waals surface area contributed by atoms with Crippen LogP contribution in [-0.4, -0.2) is 55.8 Å². The molecule has 0 atom stereocenters. The van der Waals surface area contributed by atoms with E-state index in [2.05, 4.69) is 26.3 Å². The summed E-state index contributed by atoms with van der Waals surface area (Å²) in [4.78, 5) is 30.7. The lowest BCUT2D eigenvalue weighted by Gasteiger charge is -2.22. The van der Waals surface area contributed by atoms with Gasteiger partial charge in [-0.25, -0.2) is 4.98 Å². The molecule has 2 aromatic rings. The second-order valence-electron chi connectivity index (χ2n) is 6.16. The summed E-state index contributed by atoms with van der Waals surface area (Å²) in [6.45, 7) is 8.75. The van der Waals surface area contributed by atoms with Gasteiger partial charge in [-0.1, -0.05) is 13.8 Å². The number of benzene rings is 1. The van der Waals surface area contributed by atoms with E-state index in [0.29, 0.717) is 40.5 Å². The maximum absolute atomic E-state index is 13.1. The predicted octanol–water partition coefficient (Wildman–Crippen LogP) is 1.96. The van der Waals surface area contributed by atoms with Gasteiger partial charge in [0.25, 0.3) is 0 Å². The fourth-order valence-corrected chi connectivity index (χ4v) is 3.82. The molecule has 0 saturated heterocycles. The fraction of sp³-hybridized carbons (Fsp3) is 0.421. The van der Waals surface area contributed by atoms with Crippen LogP contribution < -0.4 is 21.3 Å². The van der Waals surface area contributed by atoms with Crippen molar-refractivity contribution < 1.29 is 9.59 Å². The van der Waals surface area contributed by atoms with Crippen molar-refractivity contribution in [3.8, 4) is 0 Å². The van der Waals surface area contributed by atoms with Gasteiger partial charge in [0.05, 0.1) is 16.6 Å². The van der Waals surface area contributed by atoms with E-state index in [-0.39, 0.29) is 17.3 Å². The third-order valence-electron chi connectivity index (χ3n) is 4.38. The number of rotatable bonds is 10. The van der Waals surface area contributed by atoms with Crippen LogP contribution in [0.25, 0.3) is 0 Å². The van der Waals surface area contributed by atoms with Crippen molar-refractivity contribution in [1.82, 2.24) is 15.6 Å². The van der Waals surface area contributed by atoms with Crippen molar-refractivity contribution in [1.29, 1.82) is 0 Å². The quantitative estimate of drug-likeness (QED) is 0.395. The molecule has 0 saturated carbocycles. The Morgan fingerprint density at radius 2 is 1.41 bits per heavy atom. The van der Waals surface area contributed by atoms with Crippen molar-refractivity contribution >= 4 is 34.3 Å². The van der Waals surface area contributed by atoms with Gasteiger partial charge in [0.2, 0.25) is 11.6 Å². The molecule has 27 heavy (non-hydrogen) atoms. The Kier molecular flexibility index (Phi) is 6.54. The summed E-state index contributed by atoms with van der Waals surface area (Å²) in [6, 6.07) is 3.74. The largest absolute Gasteiger partial charge is 0.383 e. The van der Waals surface area contributed by atoms with Gasteiger partial charge < -0.3 is 21.3 Å². The third-order valence-corrected chi connectivity index (χ3v) is 5.21. The number of thiazole rings is 1. The molecule has 0 radical (unpaired) electrons. The molecule has 0 amide bonds. The van der Waals surface area contributed by atoms with E-state index in [4.69, 9.17) is 0 Å². The first-order valence-electron chi connectivity index (χ1n) is 9.28.